The van der Waals surface area contributed by atoms with E-state index in [0.717, 1.165) is 34.9 Å². The summed E-state index contributed by atoms with van der Waals surface area (Å²) >= 11 is 3.54. The first kappa shape index (κ1) is 21.4. The number of aryl methyl sites for hydroxylation is 1. The highest BCUT2D eigenvalue weighted by molar-refractivity contribution is 9.10. The maximum absolute atomic E-state index is 11.7. The Morgan fingerprint density at radius 2 is 1.97 bits per heavy atom. The summed E-state index contributed by atoms with van der Waals surface area (Å²) in [4.78, 5) is 15.6. The number of likely N-dealkylation sites (N-methyl/N-ethyl adjacent to an activating group) is 1. The number of guanidine groups is 1. The Kier molecular flexibility index (Phi) is 6.63. The van der Waals surface area contributed by atoms with Crippen molar-refractivity contribution in [3.8, 4) is 5.75 Å². The predicted molar refractivity (Wildman–Crippen MR) is 119 cm³/mol. The minimum Gasteiger partial charge on any atom is -0.497 e. The second-order valence-corrected chi connectivity index (χ2v) is 8.82. The number of nitrogens with zero attached hydrogens (tertiary/aromatic N) is 2. The first-order chi connectivity index (χ1) is 13.9. The van der Waals surface area contributed by atoms with Crippen LogP contribution in [0.15, 0.2) is 53.0 Å². The third-order valence-electron chi connectivity index (χ3n) is 5.89. The monoisotopic (exact) mass is 457 g/mol. The molecule has 1 fully saturated rings. The quantitative estimate of drug-likeness (QED) is 0.622. The van der Waals surface area contributed by atoms with E-state index >= 15 is 0 Å². The highest BCUT2D eigenvalue weighted by Crippen LogP contribution is 2.35. The van der Waals surface area contributed by atoms with Crippen molar-refractivity contribution in [1.82, 2.24) is 9.80 Å². The fourth-order valence-corrected chi connectivity index (χ4v) is 4.41. The largest absolute Gasteiger partial charge is 0.497 e. The Balaban J connectivity index is 1.85. The lowest BCUT2D eigenvalue weighted by Gasteiger charge is -2.52. The van der Waals surface area contributed by atoms with Gasteiger partial charge in [-0.1, -0.05) is 40.2 Å². The van der Waals surface area contributed by atoms with Crippen LogP contribution < -0.4 is 4.74 Å². The van der Waals surface area contributed by atoms with Crippen LogP contribution in [0.1, 0.15) is 30.9 Å². The summed E-state index contributed by atoms with van der Waals surface area (Å²) in [5.74, 6) is 1.21. The first-order valence-electron chi connectivity index (χ1n) is 9.78. The summed E-state index contributed by atoms with van der Waals surface area (Å²) in [6.45, 7) is 2.79. The minimum atomic E-state index is -0.294. The van der Waals surface area contributed by atoms with E-state index in [1.807, 2.05) is 43.4 Å². The number of benzene rings is 2. The number of hydrogen-bond acceptors (Lipinski definition) is 3. The Hall–Kier alpha value is -2.34. The molecule has 0 aliphatic carbocycles. The van der Waals surface area contributed by atoms with Gasteiger partial charge in [0.2, 0.25) is 0 Å². The molecule has 2 unspecified atom stereocenters. The molecule has 2 aromatic rings. The van der Waals surface area contributed by atoms with Crippen LogP contribution in [0.3, 0.4) is 0 Å². The topological polar surface area (TPSA) is 56.6 Å². The van der Waals surface area contributed by atoms with E-state index in [1.165, 1.54) is 5.56 Å². The van der Waals surface area contributed by atoms with Gasteiger partial charge in [-0.2, -0.15) is 0 Å². The summed E-state index contributed by atoms with van der Waals surface area (Å²) in [6, 6.07) is 16.0. The van der Waals surface area contributed by atoms with E-state index in [0.29, 0.717) is 18.9 Å². The summed E-state index contributed by atoms with van der Waals surface area (Å²) in [6.07, 6.45) is 3.41. The molecule has 2 aromatic carbocycles. The van der Waals surface area contributed by atoms with Crippen LogP contribution in [-0.2, 0) is 17.8 Å². The van der Waals surface area contributed by atoms with Gasteiger partial charge in [0.05, 0.1) is 13.2 Å². The van der Waals surface area contributed by atoms with Crippen LogP contribution in [0.2, 0.25) is 0 Å². The minimum absolute atomic E-state index is 0.276. The van der Waals surface area contributed by atoms with E-state index in [-0.39, 0.29) is 11.6 Å². The first-order valence-corrected chi connectivity index (χ1v) is 10.6. The number of ether oxygens (including phenoxy) is 1. The Morgan fingerprint density at radius 1 is 1.24 bits per heavy atom. The maximum Gasteiger partial charge on any atom is 0.194 e. The van der Waals surface area contributed by atoms with Gasteiger partial charge in [-0.3, -0.25) is 5.41 Å². The summed E-state index contributed by atoms with van der Waals surface area (Å²) < 4.78 is 6.32. The molecule has 1 saturated heterocycles. The molecule has 0 spiro atoms. The van der Waals surface area contributed by atoms with E-state index in [9.17, 15) is 4.79 Å². The van der Waals surface area contributed by atoms with Crippen molar-refractivity contribution in [2.24, 2.45) is 0 Å². The van der Waals surface area contributed by atoms with Gasteiger partial charge in [-0.05, 0) is 61.6 Å². The number of halogens is 1. The van der Waals surface area contributed by atoms with E-state index in [4.69, 9.17) is 10.1 Å². The molecular formula is C23H28BrN3O2. The Morgan fingerprint density at radius 3 is 2.59 bits per heavy atom. The predicted octanol–water partition coefficient (Wildman–Crippen LogP) is 4.49. The number of methoxy groups -OCH3 is 1. The van der Waals surface area contributed by atoms with Crippen molar-refractivity contribution in [3.05, 3.63) is 64.1 Å². The summed E-state index contributed by atoms with van der Waals surface area (Å²) in [7, 11) is 3.49. The van der Waals surface area contributed by atoms with Crippen molar-refractivity contribution in [2.75, 3.05) is 14.2 Å². The molecule has 1 aliphatic heterocycles. The van der Waals surface area contributed by atoms with Crippen LogP contribution in [0.25, 0.3) is 0 Å². The van der Waals surface area contributed by atoms with Gasteiger partial charge >= 0.3 is 0 Å². The van der Waals surface area contributed by atoms with Crippen LogP contribution in [-0.4, -0.2) is 47.8 Å². The fraction of sp³-hybridized carbons (Fsp3) is 0.391. The lowest BCUT2D eigenvalue weighted by Crippen LogP contribution is -2.63. The number of hydrogen-bond donors (Lipinski definition) is 1. The Labute approximate surface area is 181 Å². The molecule has 0 bridgehead atoms. The van der Waals surface area contributed by atoms with Crippen molar-refractivity contribution >= 4 is 28.2 Å². The zero-order valence-electron chi connectivity index (χ0n) is 17.2. The van der Waals surface area contributed by atoms with Crippen LogP contribution >= 0.6 is 15.9 Å². The van der Waals surface area contributed by atoms with Gasteiger partial charge in [-0.15, -0.1) is 0 Å². The zero-order valence-corrected chi connectivity index (χ0v) is 18.8. The van der Waals surface area contributed by atoms with Crippen molar-refractivity contribution in [3.63, 3.8) is 0 Å². The molecule has 1 N–H and O–H groups in total. The van der Waals surface area contributed by atoms with Gasteiger partial charge in [0.15, 0.2) is 5.96 Å². The molecule has 0 aromatic heterocycles. The van der Waals surface area contributed by atoms with Crippen molar-refractivity contribution < 1.29 is 9.53 Å². The van der Waals surface area contributed by atoms with E-state index in [1.54, 1.807) is 12.0 Å². The van der Waals surface area contributed by atoms with E-state index < -0.39 is 0 Å². The molecule has 3 rings (SSSR count). The maximum atomic E-state index is 11.7. The SMILES string of the molecule is COc1ccc(CN2C(=N)N(C)C(C=O)CC2(C)CCc2cccc(Br)c2)cc1. The third kappa shape index (κ3) is 4.81. The number of carbonyl (C=O) groups is 1. The smallest absolute Gasteiger partial charge is 0.194 e. The van der Waals surface area contributed by atoms with Crippen LogP contribution in [0.5, 0.6) is 5.75 Å². The second-order valence-electron chi connectivity index (χ2n) is 7.90. The molecular weight excluding hydrogens is 430 g/mol. The highest BCUT2D eigenvalue weighted by atomic mass is 79.9. The molecule has 0 saturated carbocycles. The standard InChI is InChI=1S/C23H28BrN3O2/c1-23(12-11-17-5-4-6-19(24)13-17)14-20(16-28)26(2)22(25)27(23)15-18-7-9-21(29-3)10-8-18/h4-10,13,16,20,25H,11-12,14-15H2,1-3H3. The fourth-order valence-electron chi connectivity index (χ4n) is 3.96. The van der Waals surface area contributed by atoms with Gasteiger partial charge in [-0.25, -0.2) is 0 Å². The van der Waals surface area contributed by atoms with Gasteiger partial charge in [0, 0.05) is 23.6 Å². The molecule has 1 aliphatic rings. The van der Waals surface area contributed by atoms with Crippen LogP contribution in [0.4, 0.5) is 0 Å². The average molecular weight is 458 g/mol. The van der Waals surface area contributed by atoms with Gasteiger partial charge in [0.1, 0.15) is 12.0 Å². The van der Waals surface area contributed by atoms with Gasteiger partial charge in [0.25, 0.3) is 0 Å². The molecule has 1 heterocycles. The molecule has 6 heteroatoms. The molecule has 5 nitrogen and oxygen atoms in total. The van der Waals surface area contributed by atoms with Crippen LogP contribution in [0, 0.1) is 5.41 Å². The highest BCUT2D eigenvalue weighted by Gasteiger charge is 2.43. The normalized spacial score (nSPS) is 21.9. The number of carbonyl (C=O) groups excluding carboxylic acids is 1. The molecule has 29 heavy (non-hydrogen) atoms. The third-order valence-corrected chi connectivity index (χ3v) is 6.38. The molecule has 2 atom stereocenters. The molecule has 0 amide bonds. The molecule has 0 radical (unpaired) electrons. The average Bonchev–Trinajstić information content (AvgIpc) is 2.73. The summed E-state index contributed by atoms with van der Waals surface area (Å²) in [5, 5.41) is 8.75. The lowest BCUT2D eigenvalue weighted by atomic mass is 9.83. The number of rotatable bonds is 7. The van der Waals surface area contributed by atoms with Crippen molar-refractivity contribution in [1.29, 1.82) is 5.41 Å². The Bertz CT molecular complexity index is 871. The van der Waals surface area contributed by atoms with Gasteiger partial charge < -0.3 is 19.3 Å². The second kappa shape index (κ2) is 8.99. The van der Waals surface area contributed by atoms with E-state index in [2.05, 4.69) is 39.9 Å². The number of aldehydes is 1. The zero-order chi connectivity index (χ0) is 21.0. The number of nitrogens with one attached hydrogen (secondary N) is 1. The van der Waals surface area contributed by atoms with Crippen molar-refractivity contribution in [2.45, 2.75) is 44.3 Å². The lowest BCUT2D eigenvalue weighted by molar-refractivity contribution is -0.113. The molecule has 154 valence electrons. The summed E-state index contributed by atoms with van der Waals surface area (Å²) in [5.41, 5.74) is 2.07.